The van der Waals surface area contributed by atoms with E-state index in [9.17, 15) is 13.2 Å². The summed E-state index contributed by atoms with van der Waals surface area (Å²) in [7, 11) is -1.70. The maximum atomic E-state index is 11.3. The monoisotopic (exact) mass is 275 g/mol. The van der Waals surface area contributed by atoms with Crippen LogP contribution >= 0.6 is 0 Å². The Bertz CT molecular complexity index is 491. The van der Waals surface area contributed by atoms with E-state index < -0.39 is 15.8 Å². The molecule has 0 radical (unpaired) electrons. The van der Waals surface area contributed by atoms with E-state index in [4.69, 9.17) is 4.42 Å². The lowest BCUT2D eigenvalue weighted by Crippen LogP contribution is -2.24. The van der Waals surface area contributed by atoms with Crippen LogP contribution in [0.4, 0.5) is 0 Å². The molecule has 1 rings (SSSR count). The van der Waals surface area contributed by atoms with Crippen LogP contribution in [0, 0.1) is 0 Å². The van der Waals surface area contributed by atoms with Crippen molar-refractivity contribution in [2.24, 2.45) is 0 Å². The van der Waals surface area contributed by atoms with Gasteiger partial charge in [-0.05, 0) is 6.07 Å². The SMILES string of the molecule is CCS(=O)(=O)CCNCc1ccoc1C(=O)OC. The molecule has 0 fully saturated rings. The Morgan fingerprint density at radius 2 is 2.22 bits per heavy atom. The summed E-state index contributed by atoms with van der Waals surface area (Å²) in [4.78, 5) is 11.3. The quantitative estimate of drug-likeness (QED) is 0.579. The van der Waals surface area contributed by atoms with Crippen LogP contribution in [0.3, 0.4) is 0 Å². The summed E-state index contributed by atoms with van der Waals surface area (Å²) in [6, 6.07) is 1.65. The van der Waals surface area contributed by atoms with Gasteiger partial charge in [-0.15, -0.1) is 0 Å². The number of ether oxygens (including phenoxy) is 1. The number of hydrogen-bond acceptors (Lipinski definition) is 6. The van der Waals surface area contributed by atoms with Gasteiger partial charge in [0.1, 0.15) is 0 Å². The molecule has 0 aliphatic carbocycles. The third kappa shape index (κ3) is 4.15. The molecule has 1 aromatic heterocycles. The van der Waals surface area contributed by atoms with E-state index in [1.807, 2.05) is 0 Å². The van der Waals surface area contributed by atoms with Crippen molar-refractivity contribution in [3.05, 3.63) is 23.7 Å². The molecule has 0 aliphatic rings. The first-order valence-corrected chi connectivity index (χ1v) is 7.38. The summed E-state index contributed by atoms with van der Waals surface area (Å²) in [5.41, 5.74) is 0.649. The maximum absolute atomic E-state index is 11.3. The molecule has 0 unspecified atom stereocenters. The summed E-state index contributed by atoms with van der Waals surface area (Å²) in [6.07, 6.45) is 1.39. The number of methoxy groups -OCH3 is 1. The van der Waals surface area contributed by atoms with Crippen LogP contribution in [-0.2, 0) is 21.1 Å². The van der Waals surface area contributed by atoms with Gasteiger partial charge in [0.15, 0.2) is 9.84 Å². The Balaban J connectivity index is 2.45. The lowest BCUT2D eigenvalue weighted by molar-refractivity contribution is 0.0563. The molecule has 0 saturated heterocycles. The Labute approximate surface area is 106 Å². The van der Waals surface area contributed by atoms with Crippen molar-refractivity contribution in [1.29, 1.82) is 0 Å². The second-order valence-electron chi connectivity index (χ2n) is 3.68. The largest absolute Gasteiger partial charge is 0.463 e. The van der Waals surface area contributed by atoms with E-state index in [0.29, 0.717) is 18.7 Å². The molecule has 0 amide bonds. The minimum absolute atomic E-state index is 0.0783. The summed E-state index contributed by atoms with van der Waals surface area (Å²) >= 11 is 0. The molecule has 1 aromatic rings. The molecular formula is C11H17NO5S. The van der Waals surface area contributed by atoms with Crippen LogP contribution < -0.4 is 5.32 Å². The molecule has 6 nitrogen and oxygen atoms in total. The third-order valence-corrected chi connectivity index (χ3v) is 4.17. The number of esters is 1. The fourth-order valence-electron chi connectivity index (χ4n) is 1.34. The Kier molecular flexibility index (Phi) is 5.36. The van der Waals surface area contributed by atoms with Crippen molar-refractivity contribution in [2.75, 3.05) is 25.2 Å². The second kappa shape index (κ2) is 6.55. The standard InChI is InChI=1S/C11H17NO5S/c1-3-18(14,15)7-5-12-8-9-4-6-17-10(9)11(13)16-2/h4,6,12H,3,5,7-8H2,1-2H3. The Hall–Kier alpha value is -1.34. The third-order valence-electron chi connectivity index (χ3n) is 2.46. The van der Waals surface area contributed by atoms with Gasteiger partial charge < -0.3 is 14.5 Å². The fraction of sp³-hybridized carbons (Fsp3) is 0.545. The summed E-state index contributed by atoms with van der Waals surface area (Å²) in [6.45, 7) is 2.31. The van der Waals surface area contributed by atoms with Crippen LogP contribution in [0.15, 0.2) is 16.7 Å². The smallest absolute Gasteiger partial charge is 0.374 e. The highest BCUT2D eigenvalue weighted by atomic mass is 32.2. The number of rotatable bonds is 7. The van der Waals surface area contributed by atoms with Crippen LogP contribution in [0.25, 0.3) is 0 Å². The molecular weight excluding hydrogens is 258 g/mol. The molecule has 0 aliphatic heterocycles. The van der Waals surface area contributed by atoms with Crippen molar-refractivity contribution in [2.45, 2.75) is 13.5 Å². The van der Waals surface area contributed by atoms with Crippen LogP contribution in [0.5, 0.6) is 0 Å². The molecule has 0 spiro atoms. The first-order valence-electron chi connectivity index (χ1n) is 5.56. The van der Waals surface area contributed by atoms with Crippen molar-refractivity contribution in [1.82, 2.24) is 5.32 Å². The van der Waals surface area contributed by atoms with Crippen LogP contribution in [0.2, 0.25) is 0 Å². The summed E-state index contributed by atoms with van der Waals surface area (Å²) in [5.74, 6) is -0.191. The van der Waals surface area contributed by atoms with Gasteiger partial charge >= 0.3 is 5.97 Å². The lowest BCUT2D eigenvalue weighted by Gasteiger charge is -2.04. The normalized spacial score (nSPS) is 11.4. The number of sulfone groups is 1. The molecule has 0 bridgehead atoms. The molecule has 102 valence electrons. The summed E-state index contributed by atoms with van der Waals surface area (Å²) in [5, 5.41) is 2.95. The predicted molar refractivity (Wildman–Crippen MR) is 66.1 cm³/mol. The number of furan rings is 1. The Morgan fingerprint density at radius 1 is 1.50 bits per heavy atom. The van der Waals surface area contributed by atoms with E-state index in [2.05, 4.69) is 10.1 Å². The zero-order valence-electron chi connectivity index (χ0n) is 10.4. The van der Waals surface area contributed by atoms with Crippen molar-refractivity contribution >= 4 is 15.8 Å². The van der Waals surface area contributed by atoms with E-state index in [0.717, 1.165) is 0 Å². The zero-order valence-corrected chi connectivity index (χ0v) is 11.2. The van der Waals surface area contributed by atoms with Crippen LogP contribution in [-0.4, -0.2) is 39.5 Å². The maximum Gasteiger partial charge on any atom is 0.374 e. The highest BCUT2D eigenvalue weighted by Crippen LogP contribution is 2.11. The highest BCUT2D eigenvalue weighted by Gasteiger charge is 2.15. The number of carbonyl (C=O) groups excluding carboxylic acids is 1. The lowest BCUT2D eigenvalue weighted by atomic mass is 10.2. The van der Waals surface area contributed by atoms with E-state index in [-0.39, 0.29) is 17.3 Å². The van der Waals surface area contributed by atoms with Gasteiger partial charge in [0.25, 0.3) is 0 Å². The topological polar surface area (TPSA) is 85.6 Å². The van der Waals surface area contributed by atoms with Crippen molar-refractivity contribution in [3.63, 3.8) is 0 Å². The van der Waals surface area contributed by atoms with Crippen LogP contribution in [0.1, 0.15) is 23.0 Å². The van der Waals surface area contributed by atoms with Gasteiger partial charge in [0.05, 0.1) is 19.1 Å². The summed E-state index contributed by atoms with van der Waals surface area (Å²) < 4.78 is 32.1. The van der Waals surface area contributed by atoms with Gasteiger partial charge in [-0.3, -0.25) is 0 Å². The number of carbonyl (C=O) groups is 1. The van der Waals surface area contributed by atoms with Crippen molar-refractivity contribution < 1.29 is 22.4 Å². The van der Waals surface area contributed by atoms with E-state index in [1.165, 1.54) is 13.4 Å². The van der Waals surface area contributed by atoms with Gasteiger partial charge in [0.2, 0.25) is 5.76 Å². The average molecular weight is 275 g/mol. The first kappa shape index (κ1) is 14.7. The number of hydrogen-bond donors (Lipinski definition) is 1. The van der Waals surface area contributed by atoms with Gasteiger partial charge in [-0.1, -0.05) is 6.92 Å². The van der Waals surface area contributed by atoms with Crippen molar-refractivity contribution in [3.8, 4) is 0 Å². The molecule has 0 aromatic carbocycles. The Morgan fingerprint density at radius 3 is 2.83 bits per heavy atom. The molecule has 1 N–H and O–H groups in total. The first-order chi connectivity index (χ1) is 8.50. The minimum atomic E-state index is -2.97. The molecule has 7 heteroatoms. The number of nitrogens with one attached hydrogen (secondary N) is 1. The van der Waals surface area contributed by atoms with Gasteiger partial charge in [-0.2, -0.15) is 0 Å². The molecule has 1 heterocycles. The predicted octanol–water partition coefficient (Wildman–Crippen LogP) is 0.590. The second-order valence-corrected chi connectivity index (χ2v) is 6.15. The average Bonchev–Trinajstić information content (AvgIpc) is 2.82. The fourth-order valence-corrected chi connectivity index (χ4v) is 2.09. The highest BCUT2D eigenvalue weighted by molar-refractivity contribution is 7.91. The minimum Gasteiger partial charge on any atom is -0.463 e. The van der Waals surface area contributed by atoms with Gasteiger partial charge in [-0.25, -0.2) is 13.2 Å². The molecule has 0 atom stereocenters. The zero-order chi connectivity index (χ0) is 13.6. The van der Waals surface area contributed by atoms with E-state index in [1.54, 1.807) is 13.0 Å². The molecule has 18 heavy (non-hydrogen) atoms. The van der Waals surface area contributed by atoms with E-state index >= 15 is 0 Å². The van der Waals surface area contributed by atoms with Gasteiger partial charge in [0, 0.05) is 24.4 Å². The molecule has 0 saturated carbocycles.